The van der Waals surface area contributed by atoms with E-state index in [1.807, 2.05) is 0 Å². The van der Waals surface area contributed by atoms with Crippen molar-refractivity contribution in [3.05, 3.63) is 47.3 Å². The predicted octanol–water partition coefficient (Wildman–Crippen LogP) is 2.98. The number of halogens is 1. The maximum atomic E-state index is 11.4. The fourth-order valence-electron chi connectivity index (χ4n) is 1.05. The Hall–Kier alpha value is -1.70. The smallest absolute Gasteiger partial charge is 0.362 e. The van der Waals surface area contributed by atoms with Crippen LogP contribution in [-0.4, -0.2) is 12.6 Å². The van der Waals surface area contributed by atoms with E-state index in [2.05, 4.69) is 17.6 Å². The van der Waals surface area contributed by atoms with Gasteiger partial charge >= 0.3 is 5.97 Å². The summed E-state index contributed by atoms with van der Waals surface area (Å²) in [5.41, 5.74) is 3.41. The van der Waals surface area contributed by atoms with Gasteiger partial charge in [-0.1, -0.05) is 23.9 Å². The largest absolute Gasteiger partial charge is 0.461 e. The van der Waals surface area contributed by atoms with Crippen molar-refractivity contribution in [3.63, 3.8) is 0 Å². The molecule has 0 bridgehead atoms. The van der Waals surface area contributed by atoms with Crippen molar-refractivity contribution in [2.45, 2.75) is 6.92 Å². The SMILES string of the molecule is C=C=C(Nc1ccc(Cl)cc1)C(=O)OCC. The second kappa shape index (κ2) is 6.01. The number of hydrogen-bond donors (Lipinski definition) is 1. The number of anilines is 1. The summed E-state index contributed by atoms with van der Waals surface area (Å²) < 4.78 is 4.82. The minimum atomic E-state index is -0.479. The highest BCUT2D eigenvalue weighted by Gasteiger charge is 2.09. The normalized spacial score (nSPS) is 9.12. The molecule has 4 heteroatoms. The van der Waals surface area contributed by atoms with Crippen molar-refractivity contribution < 1.29 is 9.53 Å². The molecule has 1 aromatic rings. The Balaban J connectivity index is 2.75. The van der Waals surface area contributed by atoms with Crippen LogP contribution in [0, 0.1) is 0 Å². The number of esters is 1. The molecule has 16 heavy (non-hydrogen) atoms. The lowest BCUT2D eigenvalue weighted by Gasteiger charge is -2.07. The molecule has 84 valence electrons. The van der Waals surface area contributed by atoms with Crippen molar-refractivity contribution in [3.8, 4) is 0 Å². The van der Waals surface area contributed by atoms with E-state index in [-0.39, 0.29) is 5.70 Å². The molecule has 0 heterocycles. The highest BCUT2D eigenvalue weighted by atomic mass is 35.5. The molecule has 0 aliphatic carbocycles. The lowest BCUT2D eigenvalue weighted by atomic mass is 10.3. The monoisotopic (exact) mass is 237 g/mol. The summed E-state index contributed by atoms with van der Waals surface area (Å²) in [5, 5.41) is 3.48. The van der Waals surface area contributed by atoms with Gasteiger partial charge in [0.2, 0.25) is 0 Å². The Morgan fingerprint density at radius 3 is 2.62 bits per heavy atom. The second-order valence-electron chi connectivity index (χ2n) is 2.90. The lowest BCUT2D eigenvalue weighted by Crippen LogP contribution is -2.13. The summed E-state index contributed by atoms with van der Waals surface area (Å²) in [7, 11) is 0. The van der Waals surface area contributed by atoms with Crippen molar-refractivity contribution in [1.29, 1.82) is 0 Å². The third-order valence-corrected chi connectivity index (χ3v) is 2.02. The quantitative estimate of drug-likeness (QED) is 0.497. The third kappa shape index (κ3) is 3.46. The molecule has 0 amide bonds. The van der Waals surface area contributed by atoms with Crippen molar-refractivity contribution in [1.82, 2.24) is 0 Å². The first kappa shape index (κ1) is 12.4. The summed E-state index contributed by atoms with van der Waals surface area (Å²) in [6.45, 7) is 5.48. The Morgan fingerprint density at radius 1 is 1.50 bits per heavy atom. The fourth-order valence-corrected chi connectivity index (χ4v) is 1.17. The molecule has 0 radical (unpaired) electrons. The van der Waals surface area contributed by atoms with Gasteiger partial charge in [0, 0.05) is 10.7 Å². The number of ether oxygens (including phenoxy) is 1. The molecule has 1 rings (SSSR count). The number of benzene rings is 1. The predicted molar refractivity (Wildman–Crippen MR) is 64.4 cm³/mol. The van der Waals surface area contributed by atoms with E-state index in [1.54, 1.807) is 31.2 Å². The first-order valence-corrected chi connectivity index (χ1v) is 5.15. The van der Waals surface area contributed by atoms with Gasteiger partial charge in [-0.2, -0.15) is 0 Å². The van der Waals surface area contributed by atoms with Crippen LogP contribution in [0.15, 0.2) is 42.3 Å². The number of rotatable bonds is 4. The lowest BCUT2D eigenvalue weighted by molar-refractivity contribution is -0.138. The second-order valence-corrected chi connectivity index (χ2v) is 3.34. The van der Waals surface area contributed by atoms with Crippen molar-refractivity contribution in [2.75, 3.05) is 11.9 Å². The van der Waals surface area contributed by atoms with Crippen LogP contribution in [0.1, 0.15) is 6.92 Å². The Kier molecular flexibility index (Phi) is 4.65. The molecule has 0 fully saturated rings. The van der Waals surface area contributed by atoms with Gasteiger partial charge in [-0.05, 0) is 31.2 Å². The average Bonchev–Trinajstić information content (AvgIpc) is 2.28. The number of carbonyl (C=O) groups is 1. The van der Waals surface area contributed by atoms with Gasteiger partial charge < -0.3 is 10.1 Å². The molecule has 1 aromatic carbocycles. The highest BCUT2D eigenvalue weighted by Crippen LogP contribution is 2.15. The van der Waals surface area contributed by atoms with Crippen molar-refractivity contribution in [2.24, 2.45) is 0 Å². The van der Waals surface area contributed by atoms with Crippen LogP contribution in [0.25, 0.3) is 0 Å². The summed E-state index contributed by atoms with van der Waals surface area (Å²) in [4.78, 5) is 11.4. The van der Waals surface area contributed by atoms with Gasteiger partial charge in [0.1, 0.15) is 0 Å². The first-order chi connectivity index (χ1) is 7.67. The minimum absolute atomic E-state index is 0.184. The molecule has 0 saturated heterocycles. The zero-order valence-corrected chi connectivity index (χ0v) is 9.67. The molecular weight excluding hydrogens is 226 g/mol. The molecule has 0 aromatic heterocycles. The maximum absolute atomic E-state index is 11.4. The van der Waals surface area contributed by atoms with Crippen molar-refractivity contribution >= 4 is 23.3 Å². The van der Waals surface area contributed by atoms with E-state index in [0.29, 0.717) is 11.6 Å². The van der Waals surface area contributed by atoms with E-state index < -0.39 is 5.97 Å². The number of hydrogen-bond acceptors (Lipinski definition) is 3. The fraction of sp³-hybridized carbons (Fsp3) is 0.167. The Labute approximate surface area is 99.4 Å². The molecule has 0 aliphatic rings. The average molecular weight is 238 g/mol. The first-order valence-electron chi connectivity index (χ1n) is 4.77. The zero-order chi connectivity index (χ0) is 12.0. The summed E-state index contributed by atoms with van der Waals surface area (Å²) in [5.74, 6) is -0.479. The molecule has 1 N–H and O–H groups in total. The van der Waals surface area contributed by atoms with Crippen LogP contribution in [0.4, 0.5) is 5.69 Å². The third-order valence-electron chi connectivity index (χ3n) is 1.77. The molecule has 0 saturated carbocycles. The Bertz CT molecular complexity index is 419. The van der Waals surface area contributed by atoms with E-state index >= 15 is 0 Å². The highest BCUT2D eigenvalue weighted by molar-refractivity contribution is 6.30. The zero-order valence-electron chi connectivity index (χ0n) is 8.92. The van der Waals surface area contributed by atoms with Gasteiger partial charge in [-0.3, -0.25) is 0 Å². The molecule has 3 nitrogen and oxygen atoms in total. The molecule has 0 atom stereocenters. The van der Waals surface area contributed by atoms with E-state index in [4.69, 9.17) is 16.3 Å². The topological polar surface area (TPSA) is 38.3 Å². The molecular formula is C12H12ClNO2. The van der Waals surface area contributed by atoms with Crippen LogP contribution in [-0.2, 0) is 9.53 Å². The maximum Gasteiger partial charge on any atom is 0.362 e. The van der Waals surface area contributed by atoms with E-state index in [9.17, 15) is 4.79 Å². The van der Waals surface area contributed by atoms with E-state index in [1.165, 1.54) is 0 Å². The van der Waals surface area contributed by atoms with E-state index in [0.717, 1.165) is 5.69 Å². The Morgan fingerprint density at radius 2 is 2.12 bits per heavy atom. The number of nitrogens with one attached hydrogen (secondary N) is 1. The molecule has 0 unspecified atom stereocenters. The van der Waals surface area contributed by atoms with Crippen LogP contribution >= 0.6 is 11.6 Å². The summed E-state index contributed by atoms with van der Waals surface area (Å²) >= 11 is 5.74. The minimum Gasteiger partial charge on any atom is -0.461 e. The van der Waals surface area contributed by atoms with Crippen LogP contribution < -0.4 is 5.32 Å². The molecule has 0 spiro atoms. The van der Waals surface area contributed by atoms with Crippen LogP contribution in [0.3, 0.4) is 0 Å². The number of carbonyl (C=O) groups excluding carboxylic acids is 1. The summed E-state index contributed by atoms with van der Waals surface area (Å²) in [6, 6.07) is 6.93. The standard InChI is InChI=1S/C12H12ClNO2/c1-3-11(12(15)16-4-2)14-10-7-5-9(13)6-8-10/h5-8,14H,1,4H2,2H3. The van der Waals surface area contributed by atoms with Gasteiger partial charge in [0.15, 0.2) is 5.70 Å². The van der Waals surface area contributed by atoms with Crippen LogP contribution in [0.5, 0.6) is 0 Å². The summed E-state index contributed by atoms with van der Waals surface area (Å²) in [6.07, 6.45) is 0. The van der Waals surface area contributed by atoms with Crippen LogP contribution in [0.2, 0.25) is 5.02 Å². The van der Waals surface area contributed by atoms with Gasteiger partial charge in [-0.15, -0.1) is 0 Å². The molecule has 0 aliphatic heterocycles. The van der Waals surface area contributed by atoms with Gasteiger partial charge in [0.05, 0.1) is 6.61 Å². The van der Waals surface area contributed by atoms with Gasteiger partial charge in [-0.25, -0.2) is 4.79 Å². The van der Waals surface area contributed by atoms with Gasteiger partial charge in [0.25, 0.3) is 0 Å².